The molecule has 0 saturated heterocycles. The normalized spacial score (nSPS) is 10.8. The molecular weight excluding hydrogens is 435 g/mol. The molecule has 29 heavy (non-hydrogen) atoms. The lowest BCUT2D eigenvalue weighted by Crippen LogP contribution is -2.13. The first-order valence-corrected chi connectivity index (χ1v) is 10.5. The first-order valence-electron chi connectivity index (χ1n) is 8.30. The van der Waals surface area contributed by atoms with Crippen LogP contribution in [0.4, 0.5) is 9.52 Å². The van der Waals surface area contributed by atoms with Crippen molar-refractivity contribution < 1.29 is 13.6 Å². The molecule has 0 saturated carbocycles. The standard InChI is InChI=1S/C19H12ClFN4O2S2/c20-13-6-4-11(5-7-13)17-24-25-19(27-17)29-10-16(26)23-18-22-15(9-28-18)12-2-1-3-14(21)8-12/h1-9H,10H2,(H,22,23,26). The fourth-order valence-electron chi connectivity index (χ4n) is 2.37. The average Bonchev–Trinajstić information content (AvgIpc) is 3.37. The zero-order chi connectivity index (χ0) is 20.2. The summed E-state index contributed by atoms with van der Waals surface area (Å²) < 4.78 is 18.9. The first-order chi connectivity index (χ1) is 14.1. The van der Waals surface area contributed by atoms with Crippen molar-refractivity contribution in [3.8, 4) is 22.7 Å². The Kier molecular flexibility index (Phi) is 5.89. The lowest BCUT2D eigenvalue weighted by atomic mass is 10.2. The van der Waals surface area contributed by atoms with Crippen molar-refractivity contribution in [3.05, 3.63) is 64.8 Å². The van der Waals surface area contributed by atoms with Crippen LogP contribution in [-0.2, 0) is 4.79 Å². The number of thioether (sulfide) groups is 1. The summed E-state index contributed by atoms with van der Waals surface area (Å²) in [6.07, 6.45) is 0. The second kappa shape index (κ2) is 8.73. The second-order valence-corrected chi connectivity index (χ2v) is 7.99. The topological polar surface area (TPSA) is 80.9 Å². The van der Waals surface area contributed by atoms with Gasteiger partial charge in [0.2, 0.25) is 11.8 Å². The van der Waals surface area contributed by atoms with E-state index in [0.29, 0.717) is 27.3 Å². The Bertz CT molecular complexity index is 1150. The molecule has 6 nitrogen and oxygen atoms in total. The van der Waals surface area contributed by atoms with Gasteiger partial charge in [0.05, 0.1) is 11.4 Å². The van der Waals surface area contributed by atoms with Gasteiger partial charge in [0.25, 0.3) is 5.22 Å². The monoisotopic (exact) mass is 446 g/mol. The van der Waals surface area contributed by atoms with Gasteiger partial charge >= 0.3 is 0 Å². The van der Waals surface area contributed by atoms with Crippen LogP contribution in [-0.4, -0.2) is 26.8 Å². The Balaban J connectivity index is 1.33. The van der Waals surface area contributed by atoms with E-state index in [0.717, 1.165) is 17.3 Å². The average molecular weight is 447 g/mol. The number of nitrogens with zero attached hydrogens (tertiary/aromatic N) is 3. The SMILES string of the molecule is O=C(CSc1nnc(-c2ccc(Cl)cc2)o1)Nc1nc(-c2cccc(F)c2)cs1. The Hall–Kier alpha value is -2.75. The quantitative estimate of drug-likeness (QED) is 0.400. The van der Waals surface area contributed by atoms with E-state index in [-0.39, 0.29) is 22.7 Å². The highest BCUT2D eigenvalue weighted by Crippen LogP contribution is 2.27. The van der Waals surface area contributed by atoms with Crippen LogP contribution >= 0.6 is 34.7 Å². The molecular formula is C19H12ClFN4O2S2. The number of thiazole rings is 1. The smallest absolute Gasteiger partial charge is 0.277 e. The van der Waals surface area contributed by atoms with Gasteiger partial charge in [-0.1, -0.05) is 35.5 Å². The number of amides is 1. The maximum Gasteiger partial charge on any atom is 0.277 e. The van der Waals surface area contributed by atoms with Crippen molar-refractivity contribution in [1.82, 2.24) is 15.2 Å². The molecule has 2 aromatic carbocycles. The summed E-state index contributed by atoms with van der Waals surface area (Å²) in [5.41, 5.74) is 1.99. The lowest BCUT2D eigenvalue weighted by Gasteiger charge is -1.99. The van der Waals surface area contributed by atoms with E-state index < -0.39 is 0 Å². The Morgan fingerprint density at radius 2 is 2.00 bits per heavy atom. The van der Waals surface area contributed by atoms with E-state index in [1.54, 1.807) is 41.8 Å². The van der Waals surface area contributed by atoms with E-state index in [9.17, 15) is 9.18 Å². The summed E-state index contributed by atoms with van der Waals surface area (Å²) in [6.45, 7) is 0. The molecule has 2 heterocycles. The maximum absolute atomic E-state index is 13.3. The van der Waals surface area contributed by atoms with E-state index in [4.69, 9.17) is 16.0 Å². The number of rotatable bonds is 6. The largest absolute Gasteiger partial charge is 0.411 e. The number of anilines is 1. The van der Waals surface area contributed by atoms with Gasteiger partial charge in [-0.25, -0.2) is 9.37 Å². The third-order valence-electron chi connectivity index (χ3n) is 3.70. The van der Waals surface area contributed by atoms with E-state index in [1.807, 2.05) is 0 Å². The molecule has 0 atom stereocenters. The van der Waals surface area contributed by atoms with Gasteiger partial charge in [-0.3, -0.25) is 4.79 Å². The fourth-order valence-corrected chi connectivity index (χ4v) is 3.80. The van der Waals surface area contributed by atoms with Crippen LogP contribution in [0.1, 0.15) is 0 Å². The minimum Gasteiger partial charge on any atom is -0.411 e. The fraction of sp³-hybridized carbons (Fsp3) is 0.0526. The number of hydrogen-bond donors (Lipinski definition) is 1. The molecule has 0 aliphatic carbocycles. The Morgan fingerprint density at radius 3 is 2.79 bits per heavy atom. The first kappa shape index (κ1) is 19.6. The van der Waals surface area contributed by atoms with Gasteiger partial charge in [0, 0.05) is 21.5 Å². The molecule has 146 valence electrons. The van der Waals surface area contributed by atoms with E-state index in [2.05, 4.69) is 20.5 Å². The van der Waals surface area contributed by atoms with Gasteiger partial charge < -0.3 is 9.73 Å². The number of benzene rings is 2. The van der Waals surface area contributed by atoms with Crippen LogP contribution in [0.5, 0.6) is 0 Å². The molecule has 0 fully saturated rings. The predicted octanol–water partition coefficient (Wildman–Crippen LogP) is 5.38. The second-order valence-electron chi connectivity index (χ2n) is 5.77. The molecule has 0 aliphatic heterocycles. The molecule has 4 aromatic rings. The zero-order valence-electron chi connectivity index (χ0n) is 14.6. The molecule has 1 amide bonds. The van der Waals surface area contributed by atoms with Gasteiger partial charge in [-0.15, -0.1) is 21.5 Å². The van der Waals surface area contributed by atoms with Gasteiger partial charge in [-0.2, -0.15) is 0 Å². The minimum absolute atomic E-state index is 0.0805. The number of hydrogen-bond acceptors (Lipinski definition) is 7. The van der Waals surface area contributed by atoms with Crippen LogP contribution in [0, 0.1) is 5.82 Å². The number of halogens is 2. The lowest BCUT2D eigenvalue weighted by molar-refractivity contribution is -0.113. The molecule has 0 aliphatic rings. The summed E-state index contributed by atoms with van der Waals surface area (Å²) in [4.78, 5) is 16.5. The van der Waals surface area contributed by atoms with Crippen molar-refractivity contribution in [3.63, 3.8) is 0 Å². The highest BCUT2D eigenvalue weighted by atomic mass is 35.5. The van der Waals surface area contributed by atoms with Crippen LogP contribution in [0.15, 0.2) is 63.6 Å². The van der Waals surface area contributed by atoms with E-state index in [1.165, 1.54) is 23.5 Å². The zero-order valence-corrected chi connectivity index (χ0v) is 17.0. The predicted molar refractivity (Wildman–Crippen MR) is 112 cm³/mol. The number of nitrogens with one attached hydrogen (secondary N) is 1. The number of carbonyl (C=O) groups is 1. The number of aromatic nitrogens is 3. The van der Waals surface area contributed by atoms with Gasteiger partial charge in [0.1, 0.15) is 5.82 Å². The summed E-state index contributed by atoms with van der Waals surface area (Å²) >= 11 is 8.25. The van der Waals surface area contributed by atoms with E-state index >= 15 is 0 Å². The Morgan fingerprint density at radius 1 is 1.17 bits per heavy atom. The molecule has 10 heteroatoms. The Labute approximate surface area is 178 Å². The highest BCUT2D eigenvalue weighted by molar-refractivity contribution is 7.99. The molecule has 4 rings (SSSR count). The number of carbonyl (C=O) groups excluding carboxylic acids is 1. The summed E-state index contributed by atoms with van der Waals surface area (Å²) in [5, 5.41) is 13.7. The molecule has 2 aromatic heterocycles. The van der Waals surface area contributed by atoms with Crippen LogP contribution in [0.3, 0.4) is 0 Å². The molecule has 1 N–H and O–H groups in total. The van der Waals surface area contributed by atoms with Crippen molar-refractivity contribution in [1.29, 1.82) is 0 Å². The molecule has 0 spiro atoms. The van der Waals surface area contributed by atoms with Crippen molar-refractivity contribution in [2.45, 2.75) is 5.22 Å². The summed E-state index contributed by atoms with van der Waals surface area (Å²) in [6, 6.07) is 13.1. The van der Waals surface area contributed by atoms with Gasteiger partial charge in [0.15, 0.2) is 5.13 Å². The third kappa shape index (κ3) is 5.00. The molecule has 0 unspecified atom stereocenters. The van der Waals surface area contributed by atoms with Gasteiger partial charge in [-0.05, 0) is 36.4 Å². The van der Waals surface area contributed by atoms with Crippen LogP contribution in [0.25, 0.3) is 22.7 Å². The maximum atomic E-state index is 13.3. The molecule has 0 radical (unpaired) electrons. The summed E-state index contributed by atoms with van der Waals surface area (Å²) in [7, 11) is 0. The highest BCUT2D eigenvalue weighted by Gasteiger charge is 2.13. The summed E-state index contributed by atoms with van der Waals surface area (Å²) in [5.74, 6) is -0.169. The third-order valence-corrected chi connectivity index (χ3v) is 5.52. The van der Waals surface area contributed by atoms with Crippen molar-refractivity contribution in [2.75, 3.05) is 11.1 Å². The van der Waals surface area contributed by atoms with Crippen LogP contribution in [0.2, 0.25) is 5.02 Å². The minimum atomic E-state index is -0.338. The van der Waals surface area contributed by atoms with Crippen molar-refractivity contribution >= 4 is 45.7 Å². The molecule has 0 bridgehead atoms. The van der Waals surface area contributed by atoms with Crippen molar-refractivity contribution in [2.24, 2.45) is 0 Å². The van der Waals surface area contributed by atoms with Crippen LogP contribution < -0.4 is 5.32 Å².